The van der Waals surface area contributed by atoms with Gasteiger partial charge < -0.3 is 10.6 Å². The zero-order chi connectivity index (χ0) is 22.1. The molecule has 2 N–H and O–H groups in total. The summed E-state index contributed by atoms with van der Waals surface area (Å²) < 4.78 is 14.6. The number of amides is 2. The van der Waals surface area contributed by atoms with Crippen molar-refractivity contribution in [3.05, 3.63) is 99.0 Å². The van der Waals surface area contributed by atoms with Crippen LogP contribution in [0.1, 0.15) is 45.6 Å². The van der Waals surface area contributed by atoms with Crippen molar-refractivity contribution in [3.63, 3.8) is 0 Å². The van der Waals surface area contributed by atoms with Gasteiger partial charge in [-0.2, -0.15) is 0 Å². The molecular weight excluding hydrogens is 440 g/mol. The van der Waals surface area contributed by atoms with E-state index in [-0.39, 0.29) is 15.6 Å². The molecule has 0 radical (unpaired) electrons. The number of carbonyl (C=O) groups is 2. The second kappa shape index (κ2) is 8.65. The lowest BCUT2D eigenvalue weighted by atomic mass is 9.98. The molecule has 1 aliphatic rings. The first-order chi connectivity index (χ1) is 14.9. The molecule has 158 valence electrons. The predicted molar refractivity (Wildman–Crippen MR) is 116 cm³/mol. The molecule has 2 amide bonds. The van der Waals surface area contributed by atoms with E-state index >= 15 is 0 Å². The van der Waals surface area contributed by atoms with Crippen molar-refractivity contribution in [1.82, 2.24) is 9.88 Å². The van der Waals surface area contributed by atoms with E-state index in [0.717, 1.165) is 0 Å². The Morgan fingerprint density at radius 1 is 1.16 bits per heavy atom. The molecule has 5 nitrogen and oxygen atoms in total. The van der Waals surface area contributed by atoms with Crippen molar-refractivity contribution in [2.24, 2.45) is 5.73 Å². The van der Waals surface area contributed by atoms with Crippen LogP contribution in [0.5, 0.6) is 0 Å². The highest BCUT2D eigenvalue weighted by Crippen LogP contribution is 2.43. The van der Waals surface area contributed by atoms with Crippen LogP contribution < -0.4 is 5.73 Å². The largest absolute Gasteiger partial charge is 0.368 e. The molecule has 1 aromatic heterocycles. The van der Waals surface area contributed by atoms with Crippen molar-refractivity contribution in [1.29, 1.82) is 0 Å². The Bertz CT molecular complexity index is 1160. The summed E-state index contributed by atoms with van der Waals surface area (Å²) in [4.78, 5) is 31.7. The van der Waals surface area contributed by atoms with Crippen LogP contribution in [0.3, 0.4) is 0 Å². The van der Waals surface area contributed by atoms with Crippen LogP contribution in [0.25, 0.3) is 0 Å². The van der Waals surface area contributed by atoms with Crippen molar-refractivity contribution in [3.8, 4) is 0 Å². The Morgan fingerprint density at radius 2 is 1.90 bits per heavy atom. The fourth-order valence-corrected chi connectivity index (χ4v) is 4.55. The van der Waals surface area contributed by atoms with Gasteiger partial charge >= 0.3 is 0 Å². The summed E-state index contributed by atoms with van der Waals surface area (Å²) in [5.74, 6) is -1.64. The van der Waals surface area contributed by atoms with Gasteiger partial charge in [0.15, 0.2) is 0 Å². The van der Waals surface area contributed by atoms with Gasteiger partial charge in [-0.3, -0.25) is 14.6 Å². The minimum Gasteiger partial charge on any atom is -0.368 e. The van der Waals surface area contributed by atoms with E-state index in [1.165, 1.54) is 29.4 Å². The summed E-state index contributed by atoms with van der Waals surface area (Å²) in [5, 5.41) is 0.358. The number of benzene rings is 2. The molecule has 0 fully saturated rings. The Morgan fingerprint density at radius 3 is 2.58 bits per heavy atom. The number of hydrogen-bond acceptors (Lipinski definition) is 3. The van der Waals surface area contributed by atoms with Crippen LogP contribution >= 0.6 is 23.2 Å². The topological polar surface area (TPSA) is 76.3 Å². The summed E-state index contributed by atoms with van der Waals surface area (Å²) in [5.41, 5.74) is 7.55. The second-order valence-electron chi connectivity index (χ2n) is 7.29. The molecule has 31 heavy (non-hydrogen) atoms. The highest BCUT2D eigenvalue weighted by molar-refractivity contribution is 6.33. The van der Waals surface area contributed by atoms with E-state index in [1.54, 1.807) is 36.4 Å². The number of carbonyl (C=O) groups excluding carboxylic acids is 2. The van der Waals surface area contributed by atoms with Crippen LogP contribution in [-0.4, -0.2) is 21.7 Å². The van der Waals surface area contributed by atoms with Crippen molar-refractivity contribution in [2.45, 2.75) is 24.9 Å². The number of hydrogen-bond donors (Lipinski definition) is 1. The normalized spacial score (nSPS) is 15.9. The second-order valence-corrected chi connectivity index (χ2v) is 8.14. The lowest BCUT2D eigenvalue weighted by molar-refractivity contribution is -0.123. The molecule has 2 aromatic carbocycles. The lowest BCUT2D eigenvalue weighted by Crippen LogP contribution is -2.43. The van der Waals surface area contributed by atoms with Crippen LogP contribution in [0.4, 0.5) is 4.39 Å². The molecule has 1 aliphatic carbocycles. The fraction of sp³-hybridized carbons (Fsp3) is 0.174. The Hall–Kier alpha value is -2.96. The Kier molecular flexibility index (Phi) is 5.94. The third-order valence-corrected chi connectivity index (χ3v) is 5.98. The van der Waals surface area contributed by atoms with Gasteiger partial charge in [-0.15, -0.1) is 0 Å². The fourth-order valence-electron chi connectivity index (χ4n) is 4.13. The number of primary amides is 1. The number of rotatable bonds is 5. The SMILES string of the molecule is NC(=O)C(c1ccccc1)N(C(=O)c1ccncc1Cl)[C@@H]1CCc2c(F)cc(Cl)cc21. The van der Waals surface area contributed by atoms with Gasteiger partial charge in [0.1, 0.15) is 11.9 Å². The minimum absolute atomic E-state index is 0.143. The molecule has 2 atom stereocenters. The first-order valence-electron chi connectivity index (χ1n) is 9.62. The summed E-state index contributed by atoms with van der Waals surface area (Å²) in [6.07, 6.45) is 3.61. The number of nitrogens with zero attached hydrogens (tertiary/aromatic N) is 2. The average molecular weight is 458 g/mol. The average Bonchev–Trinajstić information content (AvgIpc) is 3.16. The molecule has 0 saturated carbocycles. The smallest absolute Gasteiger partial charge is 0.256 e. The molecule has 1 heterocycles. The maximum absolute atomic E-state index is 14.6. The van der Waals surface area contributed by atoms with Gasteiger partial charge in [0.05, 0.1) is 16.6 Å². The molecule has 0 spiro atoms. The third-order valence-electron chi connectivity index (χ3n) is 5.46. The number of halogens is 3. The van der Waals surface area contributed by atoms with Gasteiger partial charge in [-0.05, 0) is 47.7 Å². The summed E-state index contributed by atoms with van der Waals surface area (Å²) in [7, 11) is 0. The minimum atomic E-state index is -1.09. The number of aromatic nitrogens is 1. The molecule has 4 rings (SSSR count). The van der Waals surface area contributed by atoms with Crippen LogP contribution in [0, 0.1) is 5.82 Å². The van der Waals surface area contributed by atoms with Crippen LogP contribution in [0.15, 0.2) is 60.9 Å². The summed E-state index contributed by atoms with van der Waals surface area (Å²) in [6, 6.07) is 11.4. The van der Waals surface area contributed by atoms with E-state index in [2.05, 4.69) is 4.98 Å². The van der Waals surface area contributed by atoms with Crippen molar-refractivity contribution >= 4 is 35.0 Å². The number of nitrogens with two attached hydrogens (primary N) is 1. The molecule has 0 bridgehead atoms. The monoisotopic (exact) mass is 457 g/mol. The Balaban J connectivity index is 1.90. The highest BCUT2D eigenvalue weighted by atomic mass is 35.5. The third kappa shape index (κ3) is 4.01. The van der Waals surface area contributed by atoms with E-state index in [4.69, 9.17) is 28.9 Å². The molecule has 0 aliphatic heterocycles. The molecule has 3 aromatic rings. The zero-order valence-electron chi connectivity index (χ0n) is 16.3. The maximum atomic E-state index is 14.6. The maximum Gasteiger partial charge on any atom is 0.256 e. The Labute approximate surface area is 188 Å². The van der Waals surface area contributed by atoms with Crippen LogP contribution in [-0.2, 0) is 11.2 Å². The number of pyridine rings is 1. The quantitative estimate of drug-likeness (QED) is 0.592. The lowest BCUT2D eigenvalue weighted by Gasteiger charge is -2.36. The van der Waals surface area contributed by atoms with E-state index < -0.39 is 29.7 Å². The molecule has 1 unspecified atom stereocenters. The molecular formula is C23H18Cl2FN3O2. The predicted octanol–water partition coefficient (Wildman–Crippen LogP) is 4.88. The van der Waals surface area contributed by atoms with E-state index in [0.29, 0.717) is 29.5 Å². The summed E-state index contributed by atoms with van der Waals surface area (Å²) >= 11 is 12.4. The van der Waals surface area contributed by atoms with Gasteiger partial charge in [0, 0.05) is 17.4 Å². The van der Waals surface area contributed by atoms with E-state index in [9.17, 15) is 14.0 Å². The van der Waals surface area contributed by atoms with Crippen molar-refractivity contribution < 1.29 is 14.0 Å². The summed E-state index contributed by atoms with van der Waals surface area (Å²) in [6.45, 7) is 0. The zero-order valence-corrected chi connectivity index (χ0v) is 17.8. The van der Waals surface area contributed by atoms with Gasteiger partial charge in [0.2, 0.25) is 5.91 Å². The van der Waals surface area contributed by atoms with E-state index in [1.807, 2.05) is 0 Å². The van der Waals surface area contributed by atoms with Gasteiger partial charge in [0.25, 0.3) is 5.91 Å². The first kappa shape index (κ1) is 21.3. The highest BCUT2D eigenvalue weighted by Gasteiger charge is 2.40. The van der Waals surface area contributed by atoms with Crippen molar-refractivity contribution in [2.75, 3.05) is 0 Å². The first-order valence-corrected chi connectivity index (χ1v) is 10.4. The number of fused-ring (bicyclic) bond motifs is 1. The van der Waals surface area contributed by atoms with Gasteiger partial charge in [-0.1, -0.05) is 53.5 Å². The van der Waals surface area contributed by atoms with Crippen LogP contribution in [0.2, 0.25) is 10.0 Å². The van der Waals surface area contributed by atoms with Gasteiger partial charge in [-0.25, -0.2) is 4.39 Å². The molecule has 8 heteroatoms. The molecule has 0 saturated heterocycles. The standard InChI is InChI=1S/C23H18Cl2FN3O2/c24-14-10-17-15(19(26)11-14)6-7-20(17)29(23(31)16-8-9-28-12-18(16)25)21(22(27)30)13-4-2-1-3-5-13/h1-5,8-12,20-21H,6-7H2,(H2,27,30)/t20-,21?/m1/s1.